The van der Waals surface area contributed by atoms with Gasteiger partial charge in [-0.1, -0.05) is 36.4 Å². The molecule has 0 spiro atoms. The highest BCUT2D eigenvalue weighted by Gasteiger charge is 2.10. The Kier molecular flexibility index (Phi) is 4.43. The highest BCUT2D eigenvalue weighted by atomic mass is 16.5. The number of hydrogen-bond acceptors (Lipinski definition) is 3. The molecule has 0 saturated carbocycles. The molecule has 0 fully saturated rings. The average Bonchev–Trinajstić information content (AvgIpc) is 3.07. The lowest BCUT2D eigenvalue weighted by molar-refractivity contribution is 0.0926. The minimum Gasteiger partial charge on any atom is -0.486 e. The quantitative estimate of drug-likeness (QED) is 0.702. The van der Waals surface area contributed by atoms with Gasteiger partial charge < -0.3 is 14.5 Å². The Morgan fingerprint density at radius 3 is 2.78 bits per heavy atom. The van der Waals surface area contributed by atoms with Crippen LogP contribution in [-0.4, -0.2) is 12.5 Å². The molecule has 1 heterocycles. The van der Waals surface area contributed by atoms with Gasteiger partial charge in [-0.05, 0) is 35.0 Å². The Labute approximate surface area is 134 Å². The number of carbonyl (C=O) groups excluding carboxylic acids is 1. The maximum atomic E-state index is 11.7. The van der Waals surface area contributed by atoms with Crippen LogP contribution in [0.15, 0.2) is 71.7 Å². The van der Waals surface area contributed by atoms with Gasteiger partial charge in [-0.3, -0.25) is 4.79 Å². The largest absolute Gasteiger partial charge is 0.486 e. The summed E-state index contributed by atoms with van der Waals surface area (Å²) in [6.45, 7) is 4.23. The SMILES string of the molecule is C=CCNC(=O)c1ccc(COc2ccc3ccccc3c2)o1. The molecular weight excluding hydrogens is 290 g/mol. The van der Waals surface area contributed by atoms with E-state index in [1.54, 1.807) is 18.2 Å². The summed E-state index contributed by atoms with van der Waals surface area (Å²) in [5.41, 5.74) is 0. The summed E-state index contributed by atoms with van der Waals surface area (Å²) in [6, 6.07) is 17.4. The van der Waals surface area contributed by atoms with E-state index in [9.17, 15) is 4.79 Å². The van der Waals surface area contributed by atoms with E-state index in [-0.39, 0.29) is 18.3 Å². The van der Waals surface area contributed by atoms with Crippen LogP contribution in [0.3, 0.4) is 0 Å². The Morgan fingerprint density at radius 1 is 1.13 bits per heavy atom. The van der Waals surface area contributed by atoms with Crippen molar-refractivity contribution in [3.8, 4) is 5.75 Å². The highest BCUT2D eigenvalue weighted by molar-refractivity contribution is 5.91. The van der Waals surface area contributed by atoms with E-state index < -0.39 is 0 Å². The molecule has 0 aliphatic carbocycles. The Balaban J connectivity index is 1.64. The summed E-state index contributed by atoms with van der Waals surface area (Å²) in [4.78, 5) is 11.7. The van der Waals surface area contributed by atoms with Gasteiger partial charge in [0, 0.05) is 6.54 Å². The fourth-order valence-corrected chi connectivity index (χ4v) is 2.24. The van der Waals surface area contributed by atoms with Crippen LogP contribution in [-0.2, 0) is 6.61 Å². The number of hydrogen-bond donors (Lipinski definition) is 1. The van der Waals surface area contributed by atoms with E-state index in [0.29, 0.717) is 12.3 Å². The molecule has 2 aromatic carbocycles. The number of furan rings is 1. The molecule has 0 aliphatic heterocycles. The third kappa shape index (κ3) is 3.61. The zero-order valence-electron chi connectivity index (χ0n) is 12.6. The molecule has 0 radical (unpaired) electrons. The summed E-state index contributed by atoms with van der Waals surface area (Å²) in [5.74, 6) is 1.37. The molecule has 4 nitrogen and oxygen atoms in total. The van der Waals surface area contributed by atoms with Crippen molar-refractivity contribution in [2.45, 2.75) is 6.61 Å². The highest BCUT2D eigenvalue weighted by Crippen LogP contribution is 2.21. The molecule has 0 bridgehead atoms. The zero-order valence-corrected chi connectivity index (χ0v) is 12.6. The van der Waals surface area contributed by atoms with Gasteiger partial charge in [0.25, 0.3) is 5.91 Å². The number of carbonyl (C=O) groups is 1. The van der Waals surface area contributed by atoms with Crippen LogP contribution >= 0.6 is 0 Å². The second-order valence-corrected chi connectivity index (χ2v) is 5.06. The first-order valence-electron chi connectivity index (χ1n) is 7.35. The van der Waals surface area contributed by atoms with Crippen LogP contribution in [0.5, 0.6) is 5.75 Å². The van der Waals surface area contributed by atoms with E-state index in [2.05, 4.69) is 18.0 Å². The molecule has 4 heteroatoms. The lowest BCUT2D eigenvalue weighted by atomic mass is 10.1. The Hall–Kier alpha value is -3.01. The fourth-order valence-electron chi connectivity index (χ4n) is 2.24. The Bertz CT molecular complexity index is 835. The number of fused-ring (bicyclic) bond motifs is 1. The predicted octanol–water partition coefficient (Wildman–Crippen LogP) is 3.93. The number of benzene rings is 2. The third-order valence-electron chi connectivity index (χ3n) is 3.39. The fraction of sp³-hybridized carbons (Fsp3) is 0.105. The molecule has 0 saturated heterocycles. The van der Waals surface area contributed by atoms with Gasteiger partial charge in [-0.25, -0.2) is 0 Å². The van der Waals surface area contributed by atoms with E-state index in [4.69, 9.17) is 9.15 Å². The van der Waals surface area contributed by atoms with Crippen LogP contribution in [0, 0.1) is 0 Å². The summed E-state index contributed by atoms with van der Waals surface area (Å²) >= 11 is 0. The molecule has 23 heavy (non-hydrogen) atoms. The molecule has 0 aliphatic rings. The summed E-state index contributed by atoms with van der Waals surface area (Å²) in [5, 5.41) is 4.95. The van der Waals surface area contributed by atoms with Crippen molar-refractivity contribution in [3.05, 3.63) is 78.8 Å². The summed E-state index contributed by atoms with van der Waals surface area (Å²) in [6.07, 6.45) is 1.62. The monoisotopic (exact) mass is 307 g/mol. The molecule has 0 unspecified atom stereocenters. The van der Waals surface area contributed by atoms with Gasteiger partial charge in [0.15, 0.2) is 5.76 Å². The smallest absolute Gasteiger partial charge is 0.287 e. The lowest BCUT2D eigenvalue weighted by Gasteiger charge is -2.05. The third-order valence-corrected chi connectivity index (χ3v) is 3.39. The molecule has 1 aromatic heterocycles. The van der Waals surface area contributed by atoms with Crippen molar-refractivity contribution in [2.75, 3.05) is 6.54 Å². The van der Waals surface area contributed by atoms with Gasteiger partial charge in [0.2, 0.25) is 0 Å². The van der Waals surface area contributed by atoms with Crippen LogP contribution in [0.2, 0.25) is 0 Å². The second kappa shape index (κ2) is 6.83. The van der Waals surface area contributed by atoms with E-state index in [0.717, 1.165) is 11.1 Å². The van der Waals surface area contributed by atoms with Crippen LogP contribution < -0.4 is 10.1 Å². The van der Waals surface area contributed by atoms with Crippen molar-refractivity contribution in [1.29, 1.82) is 0 Å². The molecule has 1 N–H and O–H groups in total. The van der Waals surface area contributed by atoms with Crippen molar-refractivity contribution in [1.82, 2.24) is 5.32 Å². The number of rotatable bonds is 6. The summed E-state index contributed by atoms with van der Waals surface area (Å²) in [7, 11) is 0. The number of amides is 1. The molecule has 3 rings (SSSR count). The zero-order chi connectivity index (χ0) is 16.1. The van der Waals surface area contributed by atoms with Gasteiger partial charge in [-0.15, -0.1) is 6.58 Å². The van der Waals surface area contributed by atoms with E-state index in [1.165, 1.54) is 5.39 Å². The maximum absolute atomic E-state index is 11.7. The predicted molar refractivity (Wildman–Crippen MR) is 89.5 cm³/mol. The van der Waals surface area contributed by atoms with Gasteiger partial charge in [0.05, 0.1) is 0 Å². The van der Waals surface area contributed by atoms with Crippen LogP contribution in [0.25, 0.3) is 10.8 Å². The van der Waals surface area contributed by atoms with E-state index >= 15 is 0 Å². The lowest BCUT2D eigenvalue weighted by Crippen LogP contribution is -2.22. The minimum absolute atomic E-state index is 0.262. The van der Waals surface area contributed by atoms with Gasteiger partial charge in [-0.2, -0.15) is 0 Å². The van der Waals surface area contributed by atoms with Gasteiger partial charge in [0.1, 0.15) is 18.1 Å². The topological polar surface area (TPSA) is 51.5 Å². The normalized spacial score (nSPS) is 10.4. The molecule has 0 atom stereocenters. The Morgan fingerprint density at radius 2 is 1.96 bits per heavy atom. The molecule has 116 valence electrons. The average molecular weight is 307 g/mol. The second-order valence-electron chi connectivity index (χ2n) is 5.06. The molecule has 1 amide bonds. The van der Waals surface area contributed by atoms with Crippen molar-refractivity contribution in [3.63, 3.8) is 0 Å². The molecule has 3 aromatic rings. The number of nitrogens with one attached hydrogen (secondary N) is 1. The first-order valence-corrected chi connectivity index (χ1v) is 7.35. The number of ether oxygens (including phenoxy) is 1. The molecular formula is C19H17NO3. The van der Waals surface area contributed by atoms with Crippen molar-refractivity contribution < 1.29 is 13.9 Å². The standard InChI is InChI=1S/C19H17NO3/c1-2-11-20-19(21)18-10-9-17(23-18)13-22-16-8-7-14-5-3-4-6-15(14)12-16/h2-10,12H,1,11,13H2,(H,20,21). The first kappa shape index (κ1) is 14.9. The van der Waals surface area contributed by atoms with Crippen molar-refractivity contribution in [2.24, 2.45) is 0 Å². The summed E-state index contributed by atoms with van der Waals surface area (Å²) < 4.78 is 11.2. The first-order chi connectivity index (χ1) is 11.3. The van der Waals surface area contributed by atoms with E-state index in [1.807, 2.05) is 36.4 Å². The van der Waals surface area contributed by atoms with Crippen LogP contribution in [0.4, 0.5) is 0 Å². The van der Waals surface area contributed by atoms with Gasteiger partial charge >= 0.3 is 0 Å². The maximum Gasteiger partial charge on any atom is 0.287 e. The minimum atomic E-state index is -0.262. The van der Waals surface area contributed by atoms with Crippen LogP contribution in [0.1, 0.15) is 16.3 Å². The van der Waals surface area contributed by atoms with Crippen molar-refractivity contribution >= 4 is 16.7 Å².